The first-order chi connectivity index (χ1) is 12.0. The SMILES string of the molecule is CCOC(=O)N1CCC(NC(=O)C(NC(=O)OC(C)(C)C)C(C)C)CC1. The Hall–Kier alpha value is -1.99. The van der Waals surface area contributed by atoms with Crippen LogP contribution in [0.3, 0.4) is 0 Å². The highest BCUT2D eigenvalue weighted by Crippen LogP contribution is 2.13. The van der Waals surface area contributed by atoms with Crippen molar-refractivity contribution in [2.24, 2.45) is 5.92 Å². The van der Waals surface area contributed by atoms with Crippen molar-refractivity contribution in [1.29, 1.82) is 0 Å². The Bertz CT molecular complexity index is 494. The van der Waals surface area contributed by atoms with E-state index in [4.69, 9.17) is 9.47 Å². The van der Waals surface area contributed by atoms with Gasteiger partial charge >= 0.3 is 12.2 Å². The molecule has 8 nitrogen and oxygen atoms in total. The molecule has 0 aliphatic carbocycles. The fourth-order valence-electron chi connectivity index (χ4n) is 2.68. The normalized spacial score (nSPS) is 16.8. The average molecular weight is 371 g/mol. The Balaban J connectivity index is 2.53. The molecule has 1 heterocycles. The molecule has 1 atom stereocenters. The first kappa shape index (κ1) is 22.1. The fourth-order valence-corrected chi connectivity index (χ4v) is 2.68. The van der Waals surface area contributed by atoms with Gasteiger partial charge in [0.05, 0.1) is 6.61 Å². The Kier molecular flexibility index (Phi) is 8.17. The summed E-state index contributed by atoms with van der Waals surface area (Å²) in [6.45, 7) is 12.2. The van der Waals surface area contributed by atoms with Crippen LogP contribution in [-0.4, -0.2) is 60.4 Å². The summed E-state index contributed by atoms with van der Waals surface area (Å²) in [7, 11) is 0. The summed E-state index contributed by atoms with van der Waals surface area (Å²) in [5.74, 6) is -0.317. The van der Waals surface area contributed by atoms with Crippen LogP contribution in [0.1, 0.15) is 54.4 Å². The Morgan fingerprint density at radius 3 is 2.19 bits per heavy atom. The van der Waals surface area contributed by atoms with Crippen molar-refractivity contribution in [2.75, 3.05) is 19.7 Å². The maximum atomic E-state index is 12.6. The molecule has 1 unspecified atom stereocenters. The van der Waals surface area contributed by atoms with Crippen LogP contribution in [0.4, 0.5) is 9.59 Å². The Labute approximate surface area is 156 Å². The molecule has 0 saturated carbocycles. The van der Waals surface area contributed by atoms with E-state index in [0.717, 1.165) is 0 Å². The summed E-state index contributed by atoms with van der Waals surface area (Å²) < 4.78 is 10.2. The quantitative estimate of drug-likeness (QED) is 0.773. The second-order valence-electron chi connectivity index (χ2n) is 7.84. The highest BCUT2D eigenvalue weighted by atomic mass is 16.6. The minimum atomic E-state index is -0.673. The van der Waals surface area contributed by atoms with Gasteiger partial charge in [0.2, 0.25) is 5.91 Å². The summed E-state index contributed by atoms with van der Waals surface area (Å²) in [4.78, 5) is 37.9. The van der Waals surface area contributed by atoms with E-state index in [1.165, 1.54) is 0 Å². The molecular weight excluding hydrogens is 338 g/mol. The Morgan fingerprint density at radius 2 is 1.73 bits per heavy atom. The van der Waals surface area contributed by atoms with Crippen molar-refractivity contribution in [3.63, 3.8) is 0 Å². The van der Waals surface area contributed by atoms with Gasteiger partial charge < -0.3 is 25.0 Å². The van der Waals surface area contributed by atoms with Gasteiger partial charge in [-0.2, -0.15) is 0 Å². The molecule has 1 saturated heterocycles. The van der Waals surface area contributed by atoms with Crippen molar-refractivity contribution in [3.8, 4) is 0 Å². The summed E-state index contributed by atoms with van der Waals surface area (Å²) in [6, 6.07) is -0.706. The van der Waals surface area contributed by atoms with Crippen LogP contribution in [0.5, 0.6) is 0 Å². The van der Waals surface area contributed by atoms with Crippen LogP contribution in [0.15, 0.2) is 0 Å². The van der Waals surface area contributed by atoms with Gasteiger partial charge in [0.25, 0.3) is 0 Å². The zero-order valence-corrected chi connectivity index (χ0v) is 16.8. The number of carbonyl (C=O) groups is 3. The molecule has 1 fully saturated rings. The first-order valence-corrected chi connectivity index (χ1v) is 9.25. The van der Waals surface area contributed by atoms with Crippen LogP contribution in [0.2, 0.25) is 0 Å². The van der Waals surface area contributed by atoms with Crippen LogP contribution < -0.4 is 10.6 Å². The molecule has 0 aromatic carbocycles. The highest BCUT2D eigenvalue weighted by Gasteiger charge is 2.30. The van der Waals surface area contributed by atoms with Crippen molar-refractivity contribution in [1.82, 2.24) is 15.5 Å². The second kappa shape index (κ2) is 9.64. The lowest BCUT2D eigenvalue weighted by Gasteiger charge is -2.33. The number of ether oxygens (including phenoxy) is 2. The third-order valence-electron chi connectivity index (χ3n) is 3.99. The molecule has 8 heteroatoms. The number of nitrogens with zero attached hydrogens (tertiary/aromatic N) is 1. The number of hydrogen-bond acceptors (Lipinski definition) is 5. The first-order valence-electron chi connectivity index (χ1n) is 9.25. The predicted molar refractivity (Wildman–Crippen MR) is 97.8 cm³/mol. The van der Waals surface area contributed by atoms with E-state index >= 15 is 0 Å². The minimum Gasteiger partial charge on any atom is -0.450 e. The van der Waals surface area contributed by atoms with Gasteiger partial charge in [0.15, 0.2) is 0 Å². The summed E-state index contributed by atoms with van der Waals surface area (Å²) in [5.41, 5.74) is -0.623. The van der Waals surface area contributed by atoms with Crippen molar-refractivity contribution < 1.29 is 23.9 Å². The number of nitrogens with one attached hydrogen (secondary N) is 2. The third kappa shape index (κ3) is 7.49. The van der Waals surface area contributed by atoms with E-state index in [1.54, 1.807) is 32.6 Å². The molecule has 1 aliphatic heterocycles. The fraction of sp³-hybridized carbons (Fsp3) is 0.833. The van der Waals surface area contributed by atoms with Crippen molar-refractivity contribution in [3.05, 3.63) is 0 Å². The van der Waals surface area contributed by atoms with E-state index in [2.05, 4.69) is 10.6 Å². The highest BCUT2D eigenvalue weighted by molar-refractivity contribution is 5.86. The van der Waals surface area contributed by atoms with E-state index in [-0.39, 0.29) is 24.0 Å². The van der Waals surface area contributed by atoms with Crippen LogP contribution in [0, 0.1) is 5.92 Å². The molecule has 2 N–H and O–H groups in total. The van der Waals surface area contributed by atoms with Gasteiger partial charge in [0.1, 0.15) is 11.6 Å². The summed E-state index contributed by atoms with van der Waals surface area (Å²) in [5, 5.41) is 5.62. The zero-order valence-electron chi connectivity index (χ0n) is 16.8. The molecule has 1 rings (SSSR count). The molecule has 0 aromatic rings. The van der Waals surface area contributed by atoms with E-state index < -0.39 is 17.7 Å². The van der Waals surface area contributed by atoms with Gasteiger partial charge in [-0.15, -0.1) is 0 Å². The largest absolute Gasteiger partial charge is 0.450 e. The maximum absolute atomic E-state index is 12.6. The number of amides is 3. The molecule has 150 valence electrons. The monoisotopic (exact) mass is 371 g/mol. The topological polar surface area (TPSA) is 97.0 Å². The van der Waals surface area contributed by atoms with Crippen molar-refractivity contribution in [2.45, 2.75) is 72.1 Å². The number of rotatable bonds is 5. The van der Waals surface area contributed by atoms with Gasteiger partial charge in [-0.3, -0.25) is 4.79 Å². The lowest BCUT2D eigenvalue weighted by Crippen LogP contribution is -2.55. The molecule has 0 aromatic heterocycles. The van der Waals surface area contributed by atoms with Crippen LogP contribution >= 0.6 is 0 Å². The van der Waals surface area contributed by atoms with E-state index in [9.17, 15) is 14.4 Å². The maximum Gasteiger partial charge on any atom is 0.409 e. The number of alkyl carbamates (subject to hydrolysis) is 1. The molecular formula is C18H33N3O5. The van der Waals surface area contributed by atoms with Crippen molar-refractivity contribution >= 4 is 18.1 Å². The van der Waals surface area contributed by atoms with E-state index in [1.807, 2.05) is 13.8 Å². The van der Waals surface area contributed by atoms with Crippen LogP contribution in [-0.2, 0) is 14.3 Å². The lowest BCUT2D eigenvalue weighted by molar-refractivity contribution is -0.125. The minimum absolute atomic E-state index is 0.0325. The number of hydrogen-bond donors (Lipinski definition) is 2. The number of carbonyl (C=O) groups excluding carboxylic acids is 3. The predicted octanol–water partition coefficient (Wildman–Crippen LogP) is 2.27. The molecule has 0 radical (unpaired) electrons. The molecule has 26 heavy (non-hydrogen) atoms. The number of piperidine rings is 1. The molecule has 1 aliphatic rings. The smallest absolute Gasteiger partial charge is 0.409 e. The third-order valence-corrected chi connectivity index (χ3v) is 3.99. The molecule has 0 bridgehead atoms. The standard InChI is InChI=1S/C18H33N3O5/c1-7-25-17(24)21-10-8-13(9-11-21)19-15(22)14(12(2)3)20-16(23)26-18(4,5)6/h12-14H,7-11H2,1-6H3,(H,19,22)(H,20,23). The van der Waals surface area contributed by atoms with Crippen LogP contribution in [0.25, 0.3) is 0 Å². The van der Waals surface area contributed by atoms with Gasteiger partial charge in [-0.05, 0) is 46.5 Å². The summed E-state index contributed by atoms with van der Waals surface area (Å²) >= 11 is 0. The Morgan fingerprint density at radius 1 is 1.15 bits per heavy atom. The van der Waals surface area contributed by atoms with Gasteiger partial charge in [-0.25, -0.2) is 9.59 Å². The van der Waals surface area contributed by atoms with Gasteiger partial charge in [0, 0.05) is 19.1 Å². The second-order valence-corrected chi connectivity index (χ2v) is 7.84. The number of likely N-dealkylation sites (tertiary alicyclic amines) is 1. The summed E-state index contributed by atoms with van der Waals surface area (Å²) in [6.07, 6.45) is 0.385. The average Bonchev–Trinajstić information content (AvgIpc) is 2.51. The van der Waals surface area contributed by atoms with Gasteiger partial charge in [-0.1, -0.05) is 13.8 Å². The van der Waals surface area contributed by atoms with E-state index in [0.29, 0.717) is 32.5 Å². The zero-order chi connectivity index (χ0) is 19.9. The molecule has 3 amide bonds. The lowest BCUT2D eigenvalue weighted by atomic mass is 10.0. The molecule has 0 spiro atoms.